The average molecular weight is 398 g/mol. The van der Waals surface area contributed by atoms with E-state index < -0.39 is 29.7 Å². The van der Waals surface area contributed by atoms with Crippen LogP contribution >= 0.6 is 0 Å². The molecule has 0 unspecified atom stereocenters. The van der Waals surface area contributed by atoms with Crippen molar-refractivity contribution in [1.82, 2.24) is 0 Å². The van der Waals surface area contributed by atoms with Crippen LogP contribution in [0.25, 0.3) is 0 Å². The number of hydrogen-bond donors (Lipinski definition) is 1. The fourth-order valence-corrected chi connectivity index (χ4v) is 3.25. The van der Waals surface area contributed by atoms with Crippen LogP contribution in [-0.4, -0.2) is 30.4 Å². The van der Waals surface area contributed by atoms with Gasteiger partial charge in [0, 0.05) is 18.7 Å². The molecule has 1 aliphatic heterocycles. The van der Waals surface area contributed by atoms with E-state index in [1.807, 2.05) is 32.0 Å². The Morgan fingerprint density at radius 1 is 1.17 bits per heavy atom. The Kier molecular flexibility index (Phi) is 5.96. The summed E-state index contributed by atoms with van der Waals surface area (Å²) in [5, 5.41) is 2.39. The van der Waals surface area contributed by atoms with Crippen molar-refractivity contribution in [3.8, 4) is 0 Å². The van der Waals surface area contributed by atoms with E-state index in [2.05, 4.69) is 5.32 Å². The average Bonchev–Trinajstić information content (AvgIpc) is 3.07. The van der Waals surface area contributed by atoms with Crippen molar-refractivity contribution in [3.63, 3.8) is 0 Å². The first-order valence-corrected chi connectivity index (χ1v) is 9.40. The van der Waals surface area contributed by atoms with E-state index in [-0.39, 0.29) is 24.6 Å². The molecule has 0 spiro atoms. The van der Waals surface area contributed by atoms with E-state index in [0.29, 0.717) is 0 Å². The Bertz CT molecular complexity index is 960. The van der Waals surface area contributed by atoms with Gasteiger partial charge in [0.2, 0.25) is 5.91 Å². The molecule has 1 fully saturated rings. The van der Waals surface area contributed by atoms with Gasteiger partial charge in [-0.3, -0.25) is 14.4 Å². The number of carbonyl (C=O) groups excluding carboxylic acids is 3. The second-order valence-electron chi connectivity index (χ2n) is 7.17. The topological polar surface area (TPSA) is 75.7 Å². The first-order chi connectivity index (χ1) is 13.8. The molecule has 0 bridgehead atoms. The van der Waals surface area contributed by atoms with E-state index in [1.165, 1.54) is 25.1 Å². The van der Waals surface area contributed by atoms with Gasteiger partial charge in [-0.15, -0.1) is 0 Å². The number of anilines is 2. The number of hydrogen-bond acceptors (Lipinski definition) is 4. The molecular weight excluding hydrogens is 375 g/mol. The Hall–Kier alpha value is -3.22. The van der Waals surface area contributed by atoms with Gasteiger partial charge in [0.1, 0.15) is 5.82 Å². The first-order valence-electron chi connectivity index (χ1n) is 9.40. The molecule has 2 amide bonds. The predicted molar refractivity (Wildman–Crippen MR) is 107 cm³/mol. The molecule has 1 N–H and O–H groups in total. The summed E-state index contributed by atoms with van der Waals surface area (Å²) < 4.78 is 18.9. The fraction of sp³-hybridized carbons (Fsp3) is 0.318. The third-order valence-corrected chi connectivity index (χ3v) is 5.12. The molecule has 2 atom stereocenters. The van der Waals surface area contributed by atoms with Crippen LogP contribution in [0.15, 0.2) is 42.5 Å². The van der Waals surface area contributed by atoms with Crippen LogP contribution in [0.3, 0.4) is 0 Å². The van der Waals surface area contributed by atoms with Gasteiger partial charge in [0.15, 0.2) is 6.10 Å². The van der Waals surface area contributed by atoms with E-state index in [0.717, 1.165) is 16.8 Å². The van der Waals surface area contributed by atoms with Crippen molar-refractivity contribution in [1.29, 1.82) is 0 Å². The number of nitrogens with one attached hydrogen (secondary N) is 1. The van der Waals surface area contributed by atoms with Gasteiger partial charge >= 0.3 is 5.97 Å². The molecule has 1 saturated heterocycles. The smallest absolute Gasteiger partial charge is 0.312 e. The van der Waals surface area contributed by atoms with Crippen molar-refractivity contribution in [3.05, 3.63) is 59.4 Å². The predicted octanol–water partition coefficient (Wildman–Crippen LogP) is 3.37. The van der Waals surface area contributed by atoms with Crippen LogP contribution in [0.5, 0.6) is 0 Å². The summed E-state index contributed by atoms with van der Waals surface area (Å²) in [7, 11) is 0. The zero-order valence-corrected chi connectivity index (χ0v) is 16.6. The van der Waals surface area contributed by atoms with Crippen molar-refractivity contribution in [2.24, 2.45) is 5.92 Å². The molecule has 2 aromatic carbocycles. The lowest BCUT2D eigenvalue weighted by Gasteiger charge is -2.20. The standard InChI is InChI=1S/C22H23FN2O4/c1-13-7-6-10-19(14(13)2)25-12-16(11-20(25)26)22(28)29-15(3)21(27)24-18-9-5-4-8-17(18)23/h4-10,15-16H,11-12H2,1-3H3,(H,24,27)/t15-,16-/m1/s1. The third kappa shape index (κ3) is 4.45. The maximum absolute atomic E-state index is 13.7. The molecule has 2 aromatic rings. The molecule has 3 rings (SSSR count). The molecule has 7 heteroatoms. The number of amides is 2. The van der Waals surface area contributed by atoms with Gasteiger partial charge in [-0.25, -0.2) is 4.39 Å². The minimum absolute atomic E-state index is 0.0116. The molecule has 0 aliphatic carbocycles. The van der Waals surface area contributed by atoms with Crippen molar-refractivity contribution in [2.75, 3.05) is 16.8 Å². The minimum atomic E-state index is -1.12. The number of benzene rings is 2. The summed E-state index contributed by atoms with van der Waals surface area (Å²) >= 11 is 0. The highest BCUT2D eigenvalue weighted by atomic mass is 19.1. The second-order valence-corrected chi connectivity index (χ2v) is 7.17. The molecule has 1 aliphatic rings. The maximum Gasteiger partial charge on any atom is 0.312 e. The highest BCUT2D eigenvalue weighted by Gasteiger charge is 2.37. The number of halogens is 1. The zero-order valence-electron chi connectivity index (χ0n) is 16.6. The number of ether oxygens (including phenoxy) is 1. The fourth-order valence-electron chi connectivity index (χ4n) is 3.25. The summed E-state index contributed by atoms with van der Waals surface area (Å²) in [4.78, 5) is 38.7. The summed E-state index contributed by atoms with van der Waals surface area (Å²) in [6, 6.07) is 11.4. The monoisotopic (exact) mass is 398 g/mol. The number of carbonyl (C=O) groups is 3. The molecule has 1 heterocycles. The van der Waals surface area contributed by atoms with Gasteiger partial charge in [-0.1, -0.05) is 24.3 Å². The SMILES string of the molecule is Cc1cccc(N2C[C@H](C(=O)O[C@H](C)C(=O)Nc3ccccc3F)CC2=O)c1C. The first kappa shape index (κ1) is 20.5. The van der Waals surface area contributed by atoms with Crippen molar-refractivity contribution in [2.45, 2.75) is 33.3 Å². The van der Waals surface area contributed by atoms with E-state index in [4.69, 9.17) is 4.74 Å². The van der Waals surface area contributed by atoms with Crippen molar-refractivity contribution >= 4 is 29.2 Å². The van der Waals surface area contributed by atoms with Crippen LogP contribution in [0.4, 0.5) is 15.8 Å². The molecule has 6 nitrogen and oxygen atoms in total. The highest BCUT2D eigenvalue weighted by molar-refractivity contribution is 6.01. The largest absolute Gasteiger partial charge is 0.452 e. The number of rotatable bonds is 5. The summed E-state index contributed by atoms with van der Waals surface area (Å²) in [6.07, 6.45) is -1.10. The van der Waals surface area contributed by atoms with Crippen molar-refractivity contribution < 1.29 is 23.5 Å². The normalized spacial score (nSPS) is 17.2. The number of nitrogens with zero attached hydrogens (tertiary/aromatic N) is 1. The molecular formula is C22H23FN2O4. The minimum Gasteiger partial charge on any atom is -0.452 e. The molecule has 29 heavy (non-hydrogen) atoms. The van der Waals surface area contributed by atoms with Crippen LogP contribution in [0.2, 0.25) is 0 Å². The number of aryl methyl sites for hydroxylation is 1. The summed E-state index contributed by atoms with van der Waals surface area (Å²) in [6.45, 7) is 5.50. The molecule has 0 saturated carbocycles. The lowest BCUT2D eigenvalue weighted by Crippen LogP contribution is -2.33. The maximum atomic E-state index is 13.7. The van der Waals surface area contributed by atoms with Crippen LogP contribution < -0.4 is 10.2 Å². The Balaban J connectivity index is 1.62. The molecule has 152 valence electrons. The quantitative estimate of drug-likeness (QED) is 0.784. The van der Waals surface area contributed by atoms with Crippen LogP contribution in [0.1, 0.15) is 24.5 Å². The van der Waals surface area contributed by atoms with Crippen LogP contribution in [-0.2, 0) is 19.1 Å². The lowest BCUT2D eigenvalue weighted by atomic mass is 10.1. The van der Waals surface area contributed by atoms with Gasteiger partial charge in [0.25, 0.3) is 5.91 Å². The van der Waals surface area contributed by atoms with E-state index in [9.17, 15) is 18.8 Å². The Labute approximate surface area is 168 Å². The van der Waals surface area contributed by atoms with Gasteiger partial charge in [0.05, 0.1) is 11.6 Å². The Morgan fingerprint density at radius 2 is 1.90 bits per heavy atom. The van der Waals surface area contributed by atoms with E-state index >= 15 is 0 Å². The lowest BCUT2D eigenvalue weighted by molar-refractivity contribution is -0.157. The number of para-hydroxylation sites is 1. The zero-order chi connectivity index (χ0) is 21.1. The third-order valence-electron chi connectivity index (χ3n) is 5.12. The van der Waals surface area contributed by atoms with E-state index in [1.54, 1.807) is 11.0 Å². The van der Waals surface area contributed by atoms with Crippen LogP contribution in [0, 0.1) is 25.6 Å². The number of esters is 1. The molecule has 0 radical (unpaired) electrons. The Morgan fingerprint density at radius 3 is 2.62 bits per heavy atom. The second kappa shape index (κ2) is 8.43. The summed E-state index contributed by atoms with van der Waals surface area (Å²) in [5.41, 5.74) is 2.82. The molecule has 0 aromatic heterocycles. The summed E-state index contributed by atoms with van der Waals surface area (Å²) in [5.74, 6) is -2.67. The van der Waals surface area contributed by atoms with Gasteiger partial charge in [-0.05, 0) is 50.1 Å². The highest BCUT2D eigenvalue weighted by Crippen LogP contribution is 2.30. The van der Waals surface area contributed by atoms with Gasteiger partial charge < -0.3 is 15.0 Å². The van der Waals surface area contributed by atoms with Gasteiger partial charge in [-0.2, -0.15) is 0 Å².